The van der Waals surface area contributed by atoms with Crippen LogP contribution >= 0.6 is 0 Å². The number of benzene rings is 1. The molecule has 0 saturated carbocycles. The second kappa shape index (κ2) is 4.08. The van der Waals surface area contributed by atoms with Crippen molar-refractivity contribution in [3.8, 4) is 11.5 Å². The van der Waals surface area contributed by atoms with Crippen LogP contribution in [0.2, 0.25) is 0 Å². The summed E-state index contributed by atoms with van der Waals surface area (Å²) >= 11 is 0. The smallest absolute Gasteiger partial charge is 0.231 e. The topological polar surface area (TPSA) is 64.7 Å². The molecule has 82 valence electrons. The van der Waals surface area contributed by atoms with Gasteiger partial charge in [-0.1, -0.05) is 0 Å². The lowest BCUT2D eigenvalue weighted by molar-refractivity contribution is 0.174. The van der Waals surface area contributed by atoms with E-state index in [2.05, 4.69) is 0 Å². The Hall–Kier alpha value is -1.26. The number of rotatable bonds is 3. The first-order valence-electron chi connectivity index (χ1n) is 4.96. The summed E-state index contributed by atoms with van der Waals surface area (Å²) in [5.74, 6) is 1.55. The number of aliphatic hydroxyl groups is 1. The van der Waals surface area contributed by atoms with Crippen molar-refractivity contribution >= 4 is 0 Å². The maximum Gasteiger partial charge on any atom is 0.231 e. The Morgan fingerprint density at radius 2 is 2.07 bits per heavy atom. The van der Waals surface area contributed by atoms with Crippen LogP contribution in [0.4, 0.5) is 0 Å². The average Bonchev–Trinajstić information content (AvgIpc) is 2.65. The Morgan fingerprint density at radius 1 is 1.40 bits per heavy atom. The van der Waals surface area contributed by atoms with E-state index in [0.717, 1.165) is 22.6 Å². The van der Waals surface area contributed by atoms with Crippen molar-refractivity contribution < 1.29 is 14.6 Å². The minimum Gasteiger partial charge on any atom is -0.454 e. The van der Waals surface area contributed by atoms with E-state index in [1.807, 2.05) is 19.1 Å². The van der Waals surface area contributed by atoms with Crippen LogP contribution in [-0.2, 0) is 6.42 Å². The molecule has 3 N–H and O–H groups in total. The molecule has 2 rings (SSSR count). The van der Waals surface area contributed by atoms with Gasteiger partial charge in [-0.2, -0.15) is 0 Å². The van der Waals surface area contributed by atoms with Gasteiger partial charge in [0.05, 0.1) is 6.61 Å². The summed E-state index contributed by atoms with van der Waals surface area (Å²) in [6.45, 7) is 2.28. The largest absolute Gasteiger partial charge is 0.454 e. The molecule has 15 heavy (non-hydrogen) atoms. The zero-order valence-electron chi connectivity index (χ0n) is 8.69. The summed E-state index contributed by atoms with van der Waals surface area (Å²) < 4.78 is 10.5. The highest BCUT2D eigenvalue weighted by molar-refractivity contribution is 5.48. The number of nitrogens with two attached hydrogens (primary N) is 1. The minimum atomic E-state index is -0.218. The summed E-state index contributed by atoms with van der Waals surface area (Å²) in [4.78, 5) is 0. The van der Waals surface area contributed by atoms with Crippen LogP contribution in [0.3, 0.4) is 0 Å². The quantitative estimate of drug-likeness (QED) is 0.764. The highest BCUT2D eigenvalue weighted by Gasteiger charge is 2.16. The first kappa shape index (κ1) is 10.3. The van der Waals surface area contributed by atoms with Crippen LogP contribution in [0.15, 0.2) is 12.1 Å². The SMILES string of the molecule is Cc1cc2c(cc1CC(N)CO)OCO2. The van der Waals surface area contributed by atoms with Gasteiger partial charge < -0.3 is 20.3 Å². The van der Waals surface area contributed by atoms with Crippen molar-refractivity contribution in [1.82, 2.24) is 0 Å². The van der Waals surface area contributed by atoms with Gasteiger partial charge in [-0.3, -0.25) is 0 Å². The van der Waals surface area contributed by atoms with E-state index in [0.29, 0.717) is 6.42 Å². The van der Waals surface area contributed by atoms with E-state index in [9.17, 15) is 0 Å². The molecule has 4 nitrogen and oxygen atoms in total. The van der Waals surface area contributed by atoms with Crippen LogP contribution in [0.1, 0.15) is 11.1 Å². The molecule has 1 unspecified atom stereocenters. The molecule has 0 bridgehead atoms. The van der Waals surface area contributed by atoms with Crippen LogP contribution in [-0.4, -0.2) is 24.5 Å². The summed E-state index contributed by atoms with van der Waals surface area (Å²) in [6.07, 6.45) is 0.652. The summed E-state index contributed by atoms with van der Waals surface area (Å²) in [5.41, 5.74) is 7.91. The molecule has 1 atom stereocenters. The Kier molecular flexibility index (Phi) is 2.79. The highest BCUT2D eigenvalue weighted by Crippen LogP contribution is 2.34. The third kappa shape index (κ3) is 2.06. The number of ether oxygens (including phenoxy) is 2. The third-order valence-corrected chi connectivity index (χ3v) is 2.55. The molecular weight excluding hydrogens is 194 g/mol. The van der Waals surface area contributed by atoms with Crippen molar-refractivity contribution in [2.75, 3.05) is 13.4 Å². The number of aliphatic hydroxyl groups excluding tert-OH is 1. The van der Waals surface area contributed by atoms with Crippen LogP contribution in [0.5, 0.6) is 11.5 Å². The normalized spacial score (nSPS) is 15.4. The average molecular weight is 209 g/mol. The van der Waals surface area contributed by atoms with Crippen LogP contribution < -0.4 is 15.2 Å². The summed E-state index contributed by atoms with van der Waals surface area (Å²) in [5, 5.41) is 8.90. The van der Waals surface area contributed by atoms with Crippen molar-refractivity contribution in [3.05, 3.63) is 23.3 Å². The number of aryl methyl sites for hydroxylation is 1. The number of fused-ring (bicyclic) bond motifs is 1. The molecule has 0 spiro atoms. The van der Waals surface area contributed by atoms with Gasteiger partial charge in [0, 0.05) is 6.04 Å². The molecule has 0 aliphatic carbocycles. The molecule has 0 fully saturated rings. The number of hydrogen-bond acceptors (Lipinski definition) is 4. The van der Waals surface area contributed by atoms with Crippen LogP contribution in [0, 0.1) is 6.92 Å². The van der Waals surface area contributed by atoms with E-state index >= 15 is 0 Å². The van der Waals surface area contributed by atoms with Gasteiger partial charge in [0.25, 0.3) is 0 Å². The van der Waals surface area contributed by atoms with E-state index < -0.39 is 0 Å². The van der Waals surface area contributed by atoms with Crippen LogP contribution in [0.25, 0.3) is 0 Å². The molecule has 4 heteroatoms. The van der Waals surface area contributed by atoms with Gasteiger partial charge in [-0.15, -0.1) is 0 Å². The van der Waals surface area contributed by atoms with Crippen molar-refractivity contribution in [2.24, 2.45) is 5.73 Å². The fourth-order valence-electron chi connectivity index (χ4n) is 1.65. The Morgan fingerprint density at radius 3 is 2.73 bits per heavy atom. The zero-order chi connectivity index (χ0) is 10.8. The third-order valence-electron chi connectivity index (χ3n) is 2.55. The molecule has 0 saturated heterocycles. The lowest BCUT2D eigenvalue weighted by Crippen LogP contribution is -2.27. The van der Waals surface area contributed by atoms with Crippen molar-refractivity contribution in [3.63, 3.8) is 0 Å². The Labute approximate surface area is 88.6 Å². The zero-order valence-corrected chi connectivity index (χ0v) is 8.69. The standard InChI is InChI=1S/C11H15NO3/c1-7-2-10-11(15-6-14-10)4-8(7)3-9(12)5-13/h2,4,9,13H,3,5-6,12H2,1H3. The van der Waals surface area contributed by atoms with Crippen molar-refractivity contribution in [1.29, 1.82) is 0 Å². The van der Waals surface area contributed by atoms with Gasteiger partial charge >= 0.3 is 0 Å². The maximum atomic E-state index is 8.90. The van der Waals surface area contributed by atoms with Crippen molar-refractivity contribution in [2.45, 2.75) is 19.4 Å². The molecule has 0 aromatic heterocycles. The van der Waals surface area contributed by atoms with Gasteiger partial charge in [-0.25, -0.2) is 0 Å². The second-order valence-corrected chi connectivity index (χ2v) is 3.78. The van der Waals surface area contributed by atoms with Gasteiger partial charge in [-0.05, 0) is 36.6 Å². The van der Waals surface area contributed by atoms with E-state index in [1.54, 1.807) is 0 Å². The molecule has 1 aromatic carbocycles. The number of hydrogen-bond donors (Lipinski definition) is 2. The van der Waals surface area contributed by atoms with Gasteiger partial charge in [0.15, 0.2) is 11.5 Å². The fraction of sp³-hybridized carbons (Fsp3) is 0.455. The molecule has 1 aromatic rings. The molecule has 1 aliphatic rings. The monoisotopic (exact) mass is 209 g/mol. The first-order valence-corrected chi connectivity index (χ1v) is 4.96. The molecule has 0 amide bonds. The summed E-state index contributed by atoms with van der Waals surface area (Å²) in [6, 6.07) is 3.67. The lowest BCUT2D eigenvalue weighted by atomic mass is 10.0. The first-order chi connectivity index (χ1) is 7.20. The predicted molar refractivity (Wildman–Crippen MR) is 56.1 cm³/mol. The Balaban J connectivity index is 2.24. The van der Waals surface area contributed by atoms with E-state index in [4.69, 9.17) is 20.3 Å². The lowest BCUT2D eigenvalue weighted by Gasteiger charge is -2.11. The second-order valence-electron chi connectivity index (χ2n) is 3.78. The Bertz CT molecular complexity index is 365. The molecular formula is C11H15NO3. The van der Waals surface area contributed by atoms with Gasteiger partial charge in [0.2, 0.25) is 6.79 Å². The van der Waals surface area contributed by atoms with Gasteiger partial charge in [0.1, 0.15) is 0 Å². The molecule has 1 heterocycles. The minimum absolute atomic E-state index is 0.00607. The molecule has 0 radical (unpaired) electrons. The fourth-order valence-corrected chi connectivity index (χ4v) is 1.65. The summed E-state index contributed by atoms with van der Waals surface area (Å²) in [7, 11) is 0. The molecule has 1 aliphatic heterocycles. The van der Waals surface area contributed by atoms with E-state index in [-0.39, 0.29) is 19.4 Å². The highest BCUT2D eigenvalue weighted by atomic mass is 16.7. The predicted octanol–water partition coefficient (Wildman–Crippen LogP) is 0.586. The van der Waals surface area contributed by atoms with E-state index in [1.165, 1.54) is 0 Å². The maximum absolute atomic E-state index is 8.90.